The molecule has 1 aliphatic rings. The first kappa shape index (κ1) is 28.6. The molecule has 1 N–H and O–H groups in total. The van der Waals surface area contributed by atoms with Gasteiger partial charge < -0.3 is 10.1 Å². The zero-order valence-electron chi connectivity index (χ0n) is 21.7. The van der Waals surface area contributed by atoms with Gasteiger partial charge in [-0.05, 0) is 61.5 Å². The van der Waals surface area contributed by atoms with Gasteiger partial charge in [-0.3, -0.25) is 13.7 Å². The molecule has 0 saturated carbocycles. The van der Waals surface area contributed by atoms with E-state index in [9.17, 15) is 13.2 Å². The number of amides is 1. The number of thiophene rings is 1. The Morgan fingerprint density at radius 3 is 2.73 bits per heavy atom. The number of halogens is 1. The van der Waals surface area contributed by atoms with E-state index in [1.54, 1.807) is 42.5 Å². The first-order chi connectivity index (χ1) is 19.4. The summed E-state index contributed by atoms with van der Waals surface area (Å²) in [5.74, 6) is 0.432. The maximum atomic E-state index is 13.4. The number of carbonyl (C=O) groups is 1. The summed E-state index contributed by atoms with van der Waals surface area (Å²) >= 11 is 9.18. The van der Waals surface area contributed by atoms with Gasteiger partial charge in [0.1, 0.15) is 0 Å². The number of hydrogen-bond acceptors (Lipinski definition) is 8. The summed E-state index contributed by atoms with van der Waals surface area (Å²) < 4.78 is 36.0. The number of thioether (sulfide) groups is 1. The van der Waals surface area contributed by atoms with Crippen LogP contribution in [0.25, 0.3) is 10.7 Å². The van der Waals surface area contributed by atoms with E-state index in [0.717, 1.165) is 30.2 Å². The lowest BCUT2D eigenvalue weighted by molar-refractivity contribution is -0.113. The smallest absolute Gasteiger partial charge is 0.264 e. The normalized spacial score (nSPS) is 15.3. The molecular weight excluding hydrogens is 590 g/mol. The molecule has 210 valence electrons. The lowest BCUT2D eigenvalue weighted by Gasteiger charge is -2.23. The molecule has 1 unspecified atom stereocenters. The maximum Gasteiger partial charge on any atom is 0.264 e. The summed E-state index contributed by atoms with van der Waals surface area (Å²) in [6.45, 7) is 3.35. The first-order valence-corrected chi connectivity index (χ1v) is 16.4. The summed E-state index contributed by atoms with van der Waals surface area (Å²) in [5, 5.41) is 14.3. The van der Waals surface area contributed by atoms with Crippen LogP contribution in [0.15, 0.2) is 76.1 Å². The number of sulfonamides is 1. The molecular formula is C27H28ClN5O4S3. The number of rotatable bonds is 11. The third-order valence-electron chi connectivity index (χ3n) is 6.33. The predicted octanol–water partition coefficient (Wildman–Crippen LogP) is 5.79. The fraction of sp³-hybridized carbons (Fsp3) is 0.296. The van der Waals surface area contributed by atoms with E-state index in [1.807, 2.05) is 28.1 Å². The second kappa shape index (κ2) is 12.7. The van der Waals surface area contributed by atoms with Gasteiger partial charge in [0.25, 0.3) is 10.0 Å². The quantitative estimate of drug-likeness (QED) is 0.213. The van der Waals surface area contributed by atoms with Crippen molar-refractivity contribution in [3.05, 3.63) is 71.1 Å². The van der Waals surface area contributed by atoms with Crippen LogP contribution in [0.4, 0.5) is 11.4 Å². The molecule has 4 aromatic rings. The van der Waals surface area contributed by atoms with Crippen molar-refractivity contribution in [2.75, 3.05) is 28.5 Å². The standard InChI is InChI=1S/C27H28ClN5O4S3/c1-2-33(19-8-4-3-5-9-19)40(35,36)21-12-13-22(28)23(16-21)29-25(34)18-39-27-31-30-26(24-11-7-15-38-24)32(27)17-20-10-6-14-37-20/h3-5,7-9,11-13,15-16,20H,2,6,10,14,17-18H2,1H3,(H,29,34). The number of aromatic nitrogens is 3. The lowest BCUT2D eigenvalue weighted by atomic mass is 10.2. The number of anilines is 2. The molecule has 1 fully saturated rings. The minimum absolute atomic E-state index is 0.0300. The van der Waals surface area contributed by atoms with Crippen LogP contribution in [-0.4, -0.2) is 54.1 Å². The fourth-order valence-electron chi connectivity index (χ4n) is 4.43. The summed E-state index contributed by atoms with van der Waals surface area (Å²) in [7, 11) is -3.88. The van der Waals surface area contributed by atoms with Crippen molar-refractivity contribution in [3.63, 3.8) is 0 Å². The summed E-state index contributed by atoms with van der Waals surface area (Å²) in [6, 6.07) is 17.1. The molecule has 5 rings (SSSR count). The van der Waals surface area contributed by atoms with Gasteiger partial charge in [-0.25, -0.2) is 8.42 Å². The van der Waals surface area contributed by atoms with Crippen LogP contribution in [-0.2, 0) is 26.1 Å². The highest BCUT2D eigenvalue weighted by Crippen LogP contribution is 2.31. The Hall–Kier alpha value is -2.90. The third kappa shape index (κ3) is 6.36. The van der Waals surface area contributed by atoms with Crippen LogP contribution in [0.3, 0.4) is 0 Å². The molecule has 1 amide bonds. The highest BCUT2D eigenvalue weighted by Gasteiger charge is 2.25. The molecule has 1 atom stereocenters. The second-order valence-electron chi connectivity index (χ2n) is 9.01. The topological polar surface area (TPSA) is 106 Å². The van der Waals surface area contributed by atoms with E-state index >= 15 is 0 Å². The zero-order chi connectivity index (χ0) is 28.1. The van der Waals surface area contributed by atoms with E-state index < -0.39 is 10.0 Å². The van der Waals surface area contributed by atoms with Crippen molar-refractivity contribution >= 4 is 62.0 Å². The lowest BCUT2D eigenvalue weighted by Crippen LogP contribution is -2.30. The molecule has 0 radical (unpaired) electrons. The minimum atomic E-state index is -3.88. The number of hydrogen-bond donors (Lipinski definition) is 1. The Labute approximate surface area is 246 Å². The van der Waals surface area contributed by atoms with Gasteiger partial charge >= 0.3 is 0 Å². The van der Waals surface area contributed by atoms with Gasteiger partial charge in [-0.15, -0.1) is 21.5 Å². The van der Waals surface area contributed by atoms with Crippen LogP contribution in [0.2, 0.25) is 5.02 Å². The molecule has 1 saturated heterocycles. The van der Waals surface area contributed by atoms with Crippen LogP contribution in [0.1, 0.15) is 19.8 Å². The SMILES string of the molecule is CCN(c1ccccc1)S(=O)(=O)c1ccc(Cl)c(NC(=O)CSc2nnc(-c3cccs3)n2CC2CCCO2)c1. The number of benzene rings is 2. The van der Waals surface area contributed by atoms with Gasteiger partial charge in [0.15, 0.2) is 11.0 Å². The number of carbonyl (C=O) groups excluding carboxylic acids is 1. The van der Waals surface area contributed by atoms with E-state index in [-0.39, 0.29) is 39.9 Å². The Balaban J connectivity index is 1.31. The molecule has 0 spiro atoms. The summed E-state index contributed by atoms with van der Waals surface area (Å²) in [5.41, 5.74) is 0.772. The Morgan fingerprint density at radius 2 is 2.02 bits per heavy atom. The fourth-order valence-corrected chi connectivity index (χ4v) is 7.56. The molecule has 2 aromatic heterocycles. The second-order valence-corrected chi connectivity index (χ2v) is 13.2. The van der Waals surface area contributed by atoms with Gasteiger partial charge in [0.2, 0.25) is 5.91 Å². The van der Waals surface area contributed by atoms with Crippen molar-refractivity contribution in [3.8, 4) is 10.7 Å². The monoisotopic (exact) mass is 617 g/mol. The Bertz CT molecular complexity index is 1560. The van der Waals surface area contributed by atoms with Crippen molar-refractivity contribution in [1.29, 1.82) is 0 Å². The largest absolute Gasteiger partial charge is 0.376 e. The minimum Gasteiger partial charge on any atom is -0.376 e. The first-order valence-electron chi connectivity index (χ1n) is 12.8. The van der Waals surface area contributed by atoms with E-state index in [2.05, 4.69) is 15.5 Å². The zero-order valence-corrected chi connectivity index (χ0v) is 24.9. The van der Waals surface area contributed by atoms with Gasteiger partial charge in [-0.2, -0.15) is 0 Å². The van der Waals surface area contributed by atoms with Crippen molar-refractivity contribution in [2.45, 2.75) is 42.5 Å². The maximum absolute atomic E-state index is 13.4. The van der Waals surface area contributed by atoms with E-state index in [1.165, 1.54) is 34.3 Å². The average molecular weight is 618 g/mol. The van der Waals surface area contributed by atoms with Gasteiger partial charge in [-0.1, -0.05) is 47.6 Å². The molecule has 13 heteroatoms. The summed E-state index contributed by atoms with van der Waals surface area (Å²) in [4.78, 5) is 14.0. The summed E-state index contributed by atoms with van der Waals surface area (Å²) in [6.07, 6.45) is 2.05. The van der Waals surface area contributed by atoms with E-state index in [4.69, 9.17) is 16.3 Å². The molecule has 9 nitrogen and oxygen atoms in total. The highest BCUT2D eigenvalue weighted by molar-refractivity contribution is 7.99. The molecule has 0 bridgehead atoms. The van der Waals surface area contributed by atoms with Crippen molar-refractivity contribution < 1.29 is 17.9 Å². The molecule has 0 aliphatic carbocycles. The van der Waals surface area contributed by atoms with Gasteiger partial charge in [0, 0.05) is 13.2 Å². The number of nitrogens with one attached hydrogen (secondary N) is 1. The van der Waals surface area contributed by atoms with Crippen LogP contribution < -0.4 is 9.62 Å². The van der Waals surface area contributed by atoms with Crippen LogP contribution in [0, 0.1) is 0 Å². The number of para-hydroxylation sites is 1. The molecule has 2 aromatic carbocycles. The predicted molar refractivity (Wildman–Crippen MR) is 160 cm³/mol. The average Bonchev–Trinajstić information content (AvgIpc) is 3.73. The molecule has 3 heterocycles. The Morgan fingerprint density at radius 1 is 1.20 bits per heavy atom. The van der Waals surface area contributed by atoms with Crippen LogP contribution in [0.5, 0.6) is 0 Å². The van der Waals surface area contributed by atoms with Crippen LogP contribution >= 0.6 is 34.7 Å². The van der Waals surface area contributed by atoms with Gasteiger partial charge in [0.05, 0.1) is 44.6 Å². The number of nitrogens with zero attached hydrogens (tertiary/aromatic N) is 4. The van der Waals surface area contributed by atoms with Crippen molar-refractivity contribution in [1.82, 2.24) is 14.8 Å². The third-order valence-corrected chi connectivity index (χ3v) is 10.4. The highest BCUT2D eigenvalue weighted by atomic mass is 35.5. The van der Waals surface area contributed by atoms with Crippen molar-refractivity contribution in [2.24, 2.45) is 0 Å². The Kier molecular flexibility index (Phi) is 9.11. The molecule has 1 aliphatic heterocycles. The van der Waals surface area contributed by atoms with E-state index in [0.29, 0.717) is 17.4 Å². The molecule has 40 heavy (non-hydrogen) atoms. The number of ether oxygens (including phenoxy) is 1.